The third kappa shape index (κ3) is 3.97. The van der Waals surface area contributed by atoms with Crippen molar-refractivity contribution in [1.82, 2.24) is 30.0 Å². The average molecular weight is 360 g/mol. The van der Waals surface area contributed by atoms with E-state index in [9.17, 15) is 9.59 Å². The van der Waals surface area contributed by atoms with Crippen LogP contribution in [0.5, 0.6) is 0 Å². The first kappa shape index (κ1) is 17.0. The number of nitrogens with one attached hydrogen (secondary N) is 1. The predicted octanol–water partition coefficient (Wildman–Crippen LogP) is 1.07. The maximum absolute atomic E-state index is 12.6. The second-order valence-electron chi connectivity index (χ2n) is 5.28. The highest BCUT2D eigenvalue weighted by Gasteiger charge is 2.15. The van der Waals surface area contributed by atoms with Crippen molar-refractivity contribution >= 4 is 17.2 Å². The minimum atomic E-state index is -0.316. The Labute approximate surface area is 146 Å². The zero-order valence-corrected chi connectivity index (χ0v) is 14.5. The van der Waals surface area contributed by atoms with E-state index in [0.717, 1.165) is 5.01 Å². The Morgan fingerprint density at radius 2 is 2.20 bits per heavy atom. The molecule has 3 heterocycles. The number of nitrogens with zero attached hydrogens (tertiary/aromatic N) is 5. The van der Waals surface area contributed by atoms with Crippen molar-refractivity contribution in [3.05, 3.63) is 44.8 Å². The summed E-state index contributed by atoms with van der Waals surface area (Å²) in [5.74, 6) is 0.901. The van der Waals surface area contributed by atoms with E-state index in [1.54, 1.807) is 20.0 Å². The summed E-state index contributed by atoms with van der Waals surface area (Å²) in [5, 5.41) is 9.13. The molecular formula is C15H16N6O3S. The largest absolute Gasteiger partial charge is 0.350 e. The van der Waals surface area contributed by atoms with Crippen LogP contribution in [0.2, 0.25) is 0 Å². The number of thiazole rings is 1. The van der Waals surface area contributed by atoms with Crippen LogP contribution in [0.3, 0.4) is 0 Å². The van der Waals surface area contributed by atoms with Gasteiger partial charge in [0, 0.05) is 30.7 Å². The molecule has 0 aliphatic heterocycles. The van der Waals surface area contributed by atoms with Crippen molar-refractivity contribution < 1.29 is 9.32 Å². The minimum absolute atomic E-state index is 0.122. The van der Waals surface area contributed by atoms with Crippen LogP contribution in [-0.4, -0.2) is 30.6 Å². The van der Waals surface area contributed by atoms with Gasteiger partial charge in [-0.2, -0.15) is 4.98 Å². The number of aryl methyl sites for hydroxylation is 2. The second kappa shape index (κ2) is 7.34. The van der Waals surface area contributed by atoms with Crippen LogP contribution in [0, 0.1) is 13.8 Å². The molecule has 1 amide bonds. The molecule has 0 radical (unpaired) electrons. The lowest BCUT2D eigenvalue weighted by Crippen LogP contribution is -2.29. The summed E-state index contributed by atoms with van der Waals surface area (Å²) in [5.41, 5.74) is -0.0988. The van der Waals surface area contributed by atoms with Crippen LogP contribution >= 0.6 is 11.3 Å². The lowest BCUT2D eigenvalue weighted by atomic mass is 10.3. The van der Waals surface area contributed by atoms with Crippen molar-refractivity contribution in [3.63, 3.8) is 0 Å². The molecule has 0 aliphatic carbocycles. The van der Waals surface area contributed by atoms with E-state index >= 15 is 0 Å². The molecule has 0 saturated carbocycles. The van der Waals surface area contributed by atoms with Crippen molar-refractivity contribution in [2.75, 3.05) is 0 Å². The zero-order valence-electron chi connectivity index (χ0n) is 13.7. The first-order valence-electron chi connectivity index (χ1n) is 7.57. The molecule has 3 aromatic rings. The van der Waals surface area contributed by atoms with E-state index in [1.807, 2.05) is 5.38 Å². The van der Waals surface area contributed by atoms with E-state index in [0.29, 0.717) is 18.2 Å². The number of aromatic nitrogens is 5. The summed E-state index contributed by atoms with van der Waals surface area (Å²) in [6.07, 6.45) is 3.25. The van der Waals surface area contributed by atoms with Gasteiger partial charge >= 0.3 is 0 Å². The second-order valence-corrected chi connectivity index (χ2v) is 6.25. The van der Waals surface area contributed by atoms with Crippen LogP contribution in [0.15, 0.2) is 27.1 Å². The molecule has 0 aromatic carbocycles. The topological polar surface area (TPSA) is 116 Å². The summed E-state index contributed by atoms with van der Waals surface area (Å²) in [6, 6.07) is 0. The number of hydrogen-bond donors (Lipinski definition) is 1. The minimum Gasteiger partial charge on any atom is -0.350 e. The van der Waals surface area contributed by atoms with Crippen LogP contribution in [0.25, 0.3) is 11.5 Å². The van der Waals surface area contributed by atoms with Crippen molar-refractivity contribution in [2.24, 2.45) is 0 Å². The molecule has 0 fully saturated rings. The Bertz CT molecular complexity index is 931. The summed E-state index contributed by atoms with van der Waals surface area (Å²) in [7, 11) is 0. The molecule has 0 aliphatic rings. The number of carbonyl (C=O) groups excluding carboxylic acids is 1. The number of hydrogen-bond acceptors (Lipinski definition) is 8. The van der Waals surface area contributed by atoms with Gasteiger partial charge in [-0.25, -0.2) is 9.97 Å². The highest BCUT2D eigenvalue weighted by molar-refractivity contribution is 7.09. The third-order valence-electron chi connectivity index (χ3n) is 3.49. The van der Waals surface area contributed by atoms with E-state index in [2.05, 4.69) is 25.4 Å². The fraction of sp³-hybridized carbons (Fsp3) is 0.333. The number of carbonyl (C=O) groups is 1. The Kier molecular flexibility index (Phi) is 4.98. The molecule has 0 unspecified atom stereocenters. The molecule has 1 N–H and O–H groups in total. The SMILES string of the molecule is Cc1noc(-c2cnc(C)n(CCC(=O)NCc3nccs3)c2=O)n1. The van der Waals surface area contributed by atoms with Gasteiger partial charge in [-0.15, -0.1) is 11.3 Å². The van der Waals surface area contributed by atoms with Gasteiger partial charge in [0.2, 0.25) is 5.91 Å². The molecular weight excluding hydrogens is 344 g/mol. The molecule has 0 spiro atoms. The summed E-state index contributed by atoms with van der Waals surface area (Å²) >= 11 is 1.47. The van der Waals surface area contributed by atoms with Crippen LogP contribution in [0.4, 0.5) is 0 Å². The van der Waals surface area contributed by atoms with E-state index < -0.39 is 0 Å². The maximum Gasteiger partial charge on any atom is 0.266 e. The summed E-state index contributed by atoms with van der Waals surface area (Å²) in [4.78, 5) is 36.9. The Balaban J connectivity index is 1.69. The molecule has 3 rings (SSSR count). The Morgan fingerprint density at radius 1 is 1.36 bits per heavy atom. The average Bonchev–Trinajstić information content (AvgIpc) is 3.24. The van der Waals surface area contributed by atoms with Gasteiger partial charge in [-0.05, 0) is 13.8 Å². The van der Waals surface area contributed by atoms with Gasteiger partial charge in [0.1, 0.15) is 16.4 Å². The van der Waals surface area contributed by atoms with Gasteiger partial charge in [-0.3, -0.25) is 14.2 Å². The highest BCUT2D eigenvalue weighted by Crippen LogP contribution is 2.12. The molecule has 25 heavy (non-hydrogen) atoms. The molecule has 10 heteroatoms. The molecule has 9 nitrogen and oxygen atoms in total. The lowest BCUT2D eigenvalue weighted by Gasteiger charge is -2.10. The van der Waals surface area contributed by atoms with Crippen LogP contribution in [-0.2, 0) is 17.9 Å². The standard InChI is InChI=1S/C15H16N6O3S/c1-9-19-14(24-20-9)11-7-17-10(2)21(15(11)23)5-3-12(22)18-8-13-16-4-6-25-13/h4,6-7H,3,5,8H2,1-2H3,(H,18,22). The van der Waals surface area contributed by atoms with Crippen LogP contribution < -0.4 is 10.9 Å². The van der Waals surface area contributed by atoms with Gasteiger partial charge in [0.25, 0.3) is 11.4 Å². The number of rotatable bonds is 6. The van der Waals surface area contributed by atoms with Gasteiger partial charge in [0.15, 0.2) is 5.82 Å². The summed E-state index contributed by atoms with van der Waals surface area (Å²) in [6.45, 7) is 3.96. The number of amides is 1. The molecule has 130 valence electrons. The smallest absolute Gasteiger partial charge is 0.266 e. The quantitative estimate of drug-likeness (QED) is 0.699. The van der Waals surface area contributed by atoms with Crippen LogP contribution in [0.1, 0.15) is 23.1 Å². The monoisotopic (exact) mass is 360 g/mol. The Morgan fingerprint density at radius 3 is 2.88 bits per heavy atom. The molecule has 0 atom stereocenters. The van der Waals surface area contributed by atoms with Gasteiger partial charge in [-0.1, -0.05) is 5.16 Å². The van der Waals surface area contributed by atoms with E-state index in [4.69, 9.17) is 4.52 Å². The van der Waals surface area contributed by atoms with Gasteiger partial charge < -0.3 is 9.84 Å². The third-order valence-corrected chi connectivity index (χ3v) is 4.27. The first-order chi connectivity index (χ1) is 12.0. The molecule has 0 bridgehead atoms. The fourth-order valence-electron chi connectivity index (χ4n) is 2.21. The normalized spacial score (nSPS) is 10.8. The van der Waals surface area contributed by atoms with E-state index in [-0.39, 0.29) is 35.9 Å². The van der Waals surface area contributed by atoms with E-state index in [1.165, 1.54) is 22.1 Å². The highest BCUT2D eigenvalue weighted by atomic mass is 32.1. The van der Waals surface area contributed by atoms with Crippen molar-refractivity contribution in [1.29, 1.82) is 0 Å². The molecule has 0 saturated heterocycles. The fourth-order valence-corrected chi connectivity index (χ4v) is 2.76. The van der Waals surface area contributed by atoms with Gasteiger partial charge in [0.05, 0.1) is 6.54 Å². The Hall–Kier alpha value is -2.88. The maximum atomic E-state index is 12.6. The first-order valence-corrected chi connectivity index (χ1v) is 8.44. The van der Waals surface area contributed by atoms with Crippen molar-refractivity contribution in [3.8, 4) is 11.5 Å². The lowest BCUT2D eigenvalue weighted by molar-refractivity contribution is -0.121. The molecule has 3 aromatic heterocycles. The predicted molar refractivity (Wildman–Crippen MR) is 89.8 cm³/mol. The van der Waals surface area contributed by atoms with Crippen molar-refractivity contribution in [2.45, 2.75) is 33.4 Å². The summed E-state index contributed by atoms with van der Waals surface area (Å²) < 4.78 is 6.46. The zero-order chi connectivity index (χ0) is 17.8.